The van der Waals surface area contributed by atoms with Crippen molar-refractivity contribution in [2.75, 3.05) is 18.1 Å². The van der Waals surface area contributed by atoms with E-state index in [4.69, 9.17) is 4.52 Å². The van der Waals surface area contributed by atoms with E-state index in [1.54, 1.807) is 0 Å². The maximum absolute atomic E-state index is 11.5. The molecule has 1 fully saturated rings. The molecule has 0 saturated carbocycles. The van der Waals surface area contributed by atoms with E-state index in [-0.39, 0.29) is 28.9 Å². The normalized spacial score (nSPS) is 23.3. The summed E-state index contributed by atoms with van der Waals surface area (Å²) < 4.78 is 28.4. The maximum Gasteiger partial charge on any atom is 0.228 e. The van der Waals surface area contributed by atoms with Crippen molar-refractivity contribution in [3.8, 4) is 0 Å². The van der Waals surface area contributed by atoms with E-state index in [2.05, 4.69) is 43.2 Å². The first-order chi connectivity index (χ1) is 9.71. The molecule has 2 atom stereocenters. The Morgan fingerprint density at radius 1 is 1.43 bits per heavy atom. The lowest BCUT2D eigenvalue weighted by Crippen LogP contribution is -2.41. The summed E-state index contributed by atoms with van der Waals surface area (Å²) in [6.45, 7) is 9.45. The van der Waals surface area contributed by atoms with Gasteiger partial charge in [0.05, 0.1) is 11.5 Å². The minimum Gasteiger partial charge on any atom is -0.339 e. The summed E-state index contributed by atoms with van der Waals surface area (Å²) in [4.78, 5) is 4.41. The summed E-state index contributed by atoms with van der Waals surface area (Å²) in [6, 6.07) is 0.239. The van der Waals surface area contributed by atoms with Crippen LogP contribution in [-0.4, -0.2) is 42.7 Å². The van der Waals surface area contributed by atoms with Crippen molar-refractivity contribution in [2.24, 2.45) is 5.41 Å². The van der Waals surface area contributed by atoms with Crippen molar-refractivity contribution in [3.63, 3.8) is 0 Å². The molecule has 2 heterocycles. The molecule has 120 valence electrons. The lowest BCUT2D eigenvalue weighted by Gasteiger charge is -2.30. The number of sulfone groups is 1. The summed E-state index contributed by atoms with van der Waals surface area (Å²) in [5.74, 6) is 1.37. The Balaban J connectivity index is 2.06. The van der Waals surface area contributed by atoms with Gasteiger partial charge in [-0.1, -0.05) is 32.9 Å². The zero-order valence-corrected chi connectivity index (χ0v) is 14.0. The predicted molar refractivity (Wildman–Crippen MR) is 80.9 cm³/mol. The Labute approximate surface area is 126 Å². The fraction of sp³-hybridized carbons (Fsp3) is 0.857. The van der Waals surface area contributed by atoms with Crippen molar-refractivity contribution < 1.29 is 12.9 Å². The third-order valence-electron chi connectivity index (χ3n) is 3.96. The highest BCUT2D eigenvalue weighted by atomic mass is 32.2. The smallest absolute Gasteiger partial charge is 0.228 e. The molecule has 1 aromatic heterocycles. The van der Waals surface area contributed by atoms with E-state index in [0.717, 1.165) is 6.54 Å². The molecule has 7 heteroatoms. The fourth-order valence-electron chi connectivity index (χ4n) is 2.62. The summed E-state index contributed by atoms with van der Waals surface area (Å²) in [5.41, 5.74) is 0.0847. The molecule has 1 aliphatic heterocycles. The third-order valence-corrected chi connectivity index (χ3v) is 5.72. The highest BCUT2D eigenvalue weighted by molar-refractivity contribution is 7.91. The Morgan fingerprint density at radius 2 is 2.14 bits per heavy atom. The standard InChI is InChI=1S/C14H25N3O3S/c1-5-15-11(14(2,3)4)8-12-16-13(17-20-12)10-6-7-21(18,19)9-10/h10-11,15H,5-9H2,1-4H3. The SMILES string of the molecule is CCNC(Cc1nc(C2CCS(=O)(=O)C2)no1)C(C)(C)C. The van der Waals surface area contributed by atoms with Crippen molar-refractivity contribution >= 4 is 9.84 Å². The summed E-state index contributed by atoms with van der Waals surface area (Å²) in [7, 11) is -2.92. The van der Waals surface area contributed by atoms with Gasteiger partial charge in [-0.3, -0.25) is 0 Å². The summed E-state index contributed by atoms with van der Waals surface area (Å²) >= 11 is 0. The Hall–Kier alpha value is -0.950. The number of hydrogen-bond donors (Lipinski definition) is 1. The van der Waals surface area contributed by atoms with Gasteiger partial charge in [0, 0.05) is 18.4 Å². The second-order valence-corrected chi connectivity index (χ2v) is 9.06. The molecule has 21 heavy (non-hydrogen) atoms. The Bertz CT molecular complexity index is 575. The van der Waals surface area contributed by atoms with E-state index in [1.165, 1.54) is 0 Å². The molecule has 1 aromatic rings. The summed E-state index contributed by atoms with van der Waals surface area (Å²) in [5, 5.41) is 7.42. The van der Waals surface area contributed by atoms with Crippen molar-refractivity contribution in [1.82, 2.24) is 15.5 Å². The van der Waals surface area contributed by atoms with Crippen molar-refractivity contribution in [3.05, 3.63) is 11.7 Å². The Morgan fingerprint density at radius 3 is 2.67 bits per heavy atom. The van der Waals surface area contributed by atoms with Gasteiger partial charge in [0.1, 0.15) is 0 Å². The van der Waals surface area contributed by atoms with Gasteiger partial charge in [-0.25, -0.2) is 8.42 Å². The Kier molecular flexibility index (Phi) is 4.72. The monoisotopic (exact) mass is 315 g/mol. The first-order valence-electron chi connectivity index (χ1n) is 7.47. The molecule has 0 aromatic carbocycles. The lowest BCUT2D eigenvalue weighted by atomic mass is 9.84. The van der Waals surface area contributed by atoms with Gasteiger partial charge >= 0.3 is 0 Å². The molecule has 1 aliphatic rings. The highest BCUT2D eigenvalue weighted by Gasteiger charge is 2.33. The number of likely N-dealkylation sites (N-methyl/N-ethyl adjacent to an activating group) is 1. The van der Waals surface area contributed by atoms with Crippen molar-refractivity contribution in [1.29, 1.82) is 0 Å². The molecule has 0 radical (unpaired) electrons. The topological polar surface area (TPSA) is 85.1 Å². The molecular weight excluding hydrogens is 290 g/mol. The van der Waals surface area contributed by atoms with Gasteiger partial charge in [0.15, 0.2) is 15.7 Å². The van der Waals surface area contributed by atoms with Crippen LogP contribution in [0.3, 0.4) is 0 Å². The van der Waals surface area contributed by atoms with Gasteiger partial charge in [0.25, 0.3) is 0 Å². The first-order valence-corrected chi connectivity index (χ1v) is 9.29. The first kappa shape index (κ1) is 16.4. The van der Waals surface area contributed by atoms with E-state index < -0.39 is 9.84 Å². The zero-order chi connectivity index (χ0) is 15.7. The van der Waals surface area contributed by atoms with E-state index >= 15 is 0 Å². The lowest BCUT2D eigenvalue weighted by molar-refractivity contribution is 0.247. The van der Waals surface area contributed by atoms with Crippen LogP contribution in [0.25, 0.3) is 0 Å². The van der Waals surface area contributed by atoms with Crippen LogP contribution < -0.4 is 5.32 Å². The average Bonchev–Trinajstić information content (AvgIpc) is 2.94. The van der Waals surface area contributed by atoms with Gasteiger partial charge < -0.3 is 9.84 Å². The quantitative estimate of drug-likeness (QED) is 0.887. The number of hydrogen-bond acceptors (Lipinski definition) is 6. The molecule has 2 unspecified atom stereocenters. The van der Waals surface area contributed by atoms with Crippen LogP contribution in [0.2, 0.25) is 0 Å². The molecular formula is C14H25N3O3S. The molecule has 0 aliphatic carbocycles. The van der Waals surface area contributed by atoms with Gasteiger partial charge in [-0.2, -0.15) is 4.98 Å². The largest absolute Gasteiger partial charge is 0.339 e. The second-order valence-electron chi connectivity index (χ2n) is 6.83. The second kappa shape index (κ2) is 6.04. The molecule has 1 saturated heterocycles. The van der Waals surface area contributed by atoms with Crippen LogP contribution >= 0.6 is 0 Å². The third kappa shape index (κ3) is 4.26. The van der Waals surface area contributed by atoms with Crippen LogP contribution in [0.5, 0.6) is 0 Å². The molecule has 2 rings (SSSR count). The molecule has 1 N–H and O–H groups in total. The van der Waals surface area contributed by atoms with Gasteiger partial charge in [-0.05, 0) is 18.4 Å². The average molecular weight is 315 g/mol. The minimum absolute atomic E-state index is 0.0847. The zero-order valence-electron chi connectivity index (χ0n) is 13.2. The van der Waals surface area contributed by atoms with Crippen LogP contribution in [0.15, 0.2) is 4.52 Å². The van der Waals surface area contributed by atoms with E-state index in [1.807, 2.05) is 0 Å². The highest BCUT2D eigenvalue weighted by Crippen LogP contribution is 2.28. The maximum atomic E-state index is 11.5. The number of nitrogens with zero attached hydrogens (tertiary/aromatic N) is 2. The van der Waals surface area contributed by atoms with Gasteiger partial charge in [0.2, 0.25) is 5.89 Å². The molecule has 0 amide bonds. The number of nitrogens with one attached hydrogen (secondary N) is 1. The van der Waals surface area contributed by atoms with E-state index in [9.17, 15) is 8.42 Å². The van der Waals surface area contributed by atoms with Crippen LogP contribution in [0, 0.1) is 5.41 Å². The minimum atomic E-state index is -2.92. The number of rotatable bonds is 5. The molecule has 6 nitrogen and oxygen atoms in total. The summed E-state index contributed by atoms with van der Waals surface area (Å²) in [6.07, 6.45) is 1.25. The van der Waals surface area contributed by atoms with E-state index in [0.29, 0.717) is 24.6 Å². The van der Waals surface area contributed by atoms with Gasteiger partial charge in [-0.15, -0.1) is 0 Å². The van der Waals surface area contributed by atoms with Crippen LogP contribution in [0.1, 0.15) is 51.7 Å². The number of aromatic nitrogens is 2. The van der Waals surface area contributed by atoms with Crippen molar-refractivity contribution in [2.45, 2.75) is 52.5 Å². The fourth-order valence-corrected chi connectivity index (χ4v) is 4.36. The molecule has 0 spiro atoms. The predicted octanol–water partition coefficient (Wildman–Crippen LogP) is 1.54. The van der Waals surface area contributed by atoms with Crippen LogP contribution in [-0.2, 0) is 16.3 Å². The molecule has 0 bridgehead atoms. The van der Waals surface area contributed by atoms with Crippen LogP contribution in [0.4, 0.5) is 0 Å².